The number of hydrogen-bond donors (Lipinski definition) is 3. The Kier molecular flexibility index (Phi) is 3.93. The van der Waals surface area contributed by atoms with Gasteiger partial charge < -0.3 is 5.73 Å². The maximum Gasteiger partial charge on any atom is 0.242 e. The van der Waals surface area contributed by atoms with Crippen molar-refractivity contribution in [3.05, 3.63) is 40.1 Å². The van der Waals surface area contributed by atoms with E-state index in [4.69, 9.17) is 5.73 Å². The molecule has 1 aromatic carbocycles. The number of aryl methyl sites for hydroxylation is 1. The van der Waals surface area contributed by atoms with Crippen molar-refractivity contribution in [1.29, 1.82) is 0 Å². The van der Waals surface area contributed by atoms with Crippen molar-refractivity contribution in [3.8, 4) is 0 Å². The summed E-state index contributed by atoms with van der Waals surface area (Å²) in [6.45, 7) is 1.99. The Morgan fingerprint density at radius 2 is 2.21 bits per heavy atom. The number of hydrogen-bond acceptors (Lipinski definition) is 4. The minimum atomic E-state index is -3.64. The Labute approximate surface area is 119 Å². The number of halogens is 1. The summed E-state index contributed by atoms with van der Waals surface area (Å²) in [5.41, 5.74) is 7.53. The van der Waals surface area contributed by atoms with Crippen LogP contribution >= 0.6 is 15.9 Å². The van der Waals surface area contributed by atoms with Gasteiger partial charge in [-0.25, -0.2) is 13.1 Å². The average Bonchev–Trinajstić information content (AvgIpc) is 2.72. The number of nitrogens with one attached hydrogen (secondary N) is 2. The summed E-state index contributed by atoms with van der Waals surface area (Å²) in [5.74, 6) is 0. The van der Waals surface area contributed by atoms with Crippen LogP contribution in [-0.4, -0.2) is 18.6 Å². The molecule has 0 amide bonds. The first-order chi connectivity index (χ1) is 8.90. The van der Waals surface area contributed by atoms with Crippen molar-refractivity contribution < 1.29 is 8.42 Å². The molecule has 102 valence electrons. The van der Waals surface area contributed by atoms with E-state index in [9.17, 15) is 8.42 Å². The van der Waals surface area contributed by atoms with Gasteiger partial charge >= 0.3 is 0 Å². The largest absolute Gasteiger partial charge is 0.398 e. The molecule has 0 radical (unpaired) electrons. The molecular formula is C11H13BrN4O2S. The van der Waals surface area contributed by atoms with E-state index in [0.717, 1.165) is 15.7 Å². The van der Waals surface area contributed by atoms with Crippen molar-refractivity contribution in [2.24, 2.45) is 0 Å². The predicted octanol–water partition coefficient (Wildman–Crippen LogP) is 1.54. The number of H-pyrrole nitrogens is 1. The third kappa shape index (κ3) is 3.14. The fraction of sp³-hybridized carbons (Fsp3) is 0.182. The van der Waals surface area contributed by atoms with Gasteiger partial charge in [0.1, 0.15) is 4.90 Å². The van der Waals surface area contributed by atoms with Crippen molar-refractivity contribution in [2.75, 3.05) is 5.73 Å². The third-order valence-electron chi connectivity index (χ3n) is 2.65. The lowest BCUT2D eigenvalue weighted by molar-refractivity contribution is 0.581. The summed E-state index contributed by atoms with van der Waals surface area (Å²) in [6.07, 6.45) is 1.59. The summed E-state index contributed by atoms with van der Waals surface area (Å²) < 4.78 is 27.5. The summed E-state index contributed by atoms with van der Waals surface area (Å²) in [4.78, 5) is 0.0665. The molecule has 8 heteroatoms. The predicted molar refractivity (Wildman–Crippen MR) is 75.9 cm³/mol. The Morgan fingerprint density at radius 1 is 1.47 bits per heavy atom. The summed E-state index contributed by atoms with van der Waals surface area (Å²) in [6, 6.07) is 4.65. The van der Waals surface area contributed by atoms with Gasteiger partial charge in [0.25, 0.3) is 0 Å². The molecule has 6 nitrogen and oxygen atoms in total. The number of benzene rings is 1. The maximum atomic E-state index is 12.1. The highest BCUT2D eigenvalue weighted by atomic mass is 79.9. The summed E-state index contributed by atoms with van der Waals surface area (Å²) >= 11 is 3.24. The third-order valence-corrected chi connectivity index (χ3v) is 4.62. The molecular weight excluding hydrogens is 332 g/mol. The van der Waals surface area contributed by atoms with Gasteiger partial charge in [-0.15, -0.1) is 0 Å². The average molecular weight is 345 g/mol. The van der Waals surface area contributed by atoms with E-state index in [2.05, 4.69) is 30.8 Å². The standard InChI is InChI=1S/C11H13BrN4O2S/c1-7-8(5-14-16-7)6-15-19(17,18)11-3-2-9(12)4-10(11)13/h2-5,15H,6,13H2,1H3,(H,14,16). The van der Waals surface area contributed by atoms with E-state index >= 15 is 0 Å². The van der Waals surface area contributed by atoms with Crippen LogP contribution < -0.4 is 10.5 Å². The van der Waals surface area contributed by atoms with E-state index in [1.807, 2.05) is 6.92 Å². The van der Waals surface area contributed by atoms with Crippen molar-refractivity contribution >= 4 is 31.6 Å². The number of aromatic nitrogens is 2. The molecule has 0 bridgehead atoms. The van der Waals surface area contributed by atoms with Gasteiger partial charge in [-0.1, -0.05) is 15.9 Å². The minimum absolute atomic E-state index is 0.0665. The SMILES string of the molecule is Cc1[nH]ncc1CNS(=O)(=O)c1ccc(Br)cc1N. The van der Waals surface area contributed by atoms with Crippen LogP contribution in [0.4, 0.5) is 5.69 Å². The van der Waals surface area contributed by atoms with E-state index in [-0.39, 0.29) is 17.1 Å². The van der Waals surface area contributed by atoms with Crippen LogP contribution in [0, 0.1) is 6.92 Å². The number of sulfonamides is 1. The number of nitrogen functional groups attached to an aromatic ring is 1. The number of nitrogens with two attached hydrogens (primary N) is 1. The fourth-order valence-electron chi connectivity index (χ4n) is 1.57. The smallest absolute Gasteiger partial charge is 0.242 e. The van der Waals surface area contributed by atoms with Crippen molar-refractivity contribution in [1.82, 2.24) is 14.9 Å². The zero-order valence-corrected chi connectivity index (χ0v) is 12.5. The van der Waals surface area contributed by atoms with E-state index < -0.39 is 10.0 Å². The van der Waals surface area contributed by atoms with Crippen molar-refractivity contribution in [2.45, 2.75) is 18.4 Å². The molecule has 0 atom stereocenters. The van der Waals surface area contributed by atoms with E-state index in [1.165, 1.54) is 6.07 Å². The highest BCUT2D eigenvalue weighted by molar-refractivity contribution is 9.10. The number of rotatable bonds is 4. The molecule has 0 aliphatic rings. The van der Waals surface area contributed by atoms with Gasteiger partial charge in [-0.05, 0) is 25.1 Å². The first kappa shape index (κ1) is 14.0. The van der Waals surface area contributed by atoms with Gasteiger partial charge in [0.05, 0.1) is 11.9 Å². The monoisotopic (exact) mass is 344 g/mol. The molecule has 1 heterocycles. The van der Waals surface area contributed by atoms with Gasteiger partial charge in [-0.3, -0.25) is 5.10 Å². The Hall–Kier alpha value is -1.38. The second kappa shape index (κ2) is 5.32. The molecule has 0 saturated heterocycles. The number of anilines is 1. The minimum Gasteiger partial charge on any atom is -0.398 e. The van der Waals surface area contributed by atoms with Crippen LogP contribution in [0.3, 0.4) is 0 Å². The highest BCUT2D eigenvalue weighted by Gasteiger charge is 2.17. The maximum absolute atomic E-state index is 12.1. The lowest BCUT2D eigenvalue weighted by atomic mass is 10.3. The molecule has 4 N–H and O–H groups in total. The zero-order chi connectivity index (χ0) is 14.0. The van der Waals surface area contributed by atoms with Gasteiger partial charge in [0.15, 0.2) is 0 Å². The van der Waals surface area contributed by atoms with Gasteiger partial charge in [0, 0.05) is 22.3 Å². The molecule has 2 rings (SSSR count). The molecule has 0 saturated carbocycles. The fourth-order valence-corrected chi connectivity index (χ4v) is 3.06. The highest BCUT2D eigenvalue weighted by Crippen LogP contribution is 2.22. The lowest BCUT2D eigenvalue weighted by Gasteiger charge is -2.09. The van der Waals surface area contributed by atoms with Crippen LogP contribution in [-0.2, 0) is 16.6 Å². The molecule has 1 aromatic heterocycles. The molecule has 19 heavy (non-hydrogen) atoms. The topological polar surface area (TPSA) is 101 Å². The first-order valence-corrected chi connectivity index (χ1v) is 7.71. The number of nitrogens with zero attached hydrogens (tertiary/aromatic N) is 1. The molecule has 2 aromatic rings. The van der Waals surface area contributed by atoms with Crippen LogP contribution in [0.15, 0.2) is 33.8 Å². The van der Waals surface area contributed by atoms with Crippen molar-refractivity contribution in [3.63, 3.8) is 0 Å². The molecule has 0 aliphatic heterocycles. The second-order valence-corrected chi connectivity index (χ2v) is 6.68. The van der Waals surface area contributed by atoms with Gasteiger partial charge in [-0.2, -0.15) is 5.10 Å². The summed E-state index contributed by atoms with van der Waals surface area (Å²) in [7, 11) is -3.64. The van der Waals surface area contributed by atoms with E-state index in [0.29, 0.717) is 0 Å². The Balaban J connectivity index is 2.21. The van der Waals surface area contributed by atoms with Crippen LogP contribution in [0.2, 0.25) is 0 Å². The molecule has 0 unspecified atom stereocenters. The molecule has 0 aliphatic carbocycles. The molecule has 0 spiro atoms. The van der Waals surface area contributed by atoms with Crippen LogP contribution in [0.5, 0.6) is 0 Å². The Bertz CT molecular complexity index is 696. The van der Waals surface area contributed by atoms with Gasteiger partial charge in [0.2, 0.25) is 10.0 Å². The van der Waals surface area contributed by atoms with E-state index in [1.54, 1.807) is 18.3 Å². The number of aromatic amines is 1. The normalized spacial score (nSPS) is 11.7. The second-order valence-electron chi connectivity index (χ2n) is 4.03. The summed E-state index contributed by atoms with van der Waals surface area (Å²) in [5, 5.41) is 6.58. The first-order valence-electron chi connectivity index (χ1n) is 5.43. The quantitative estimate of drug-likeness (QED) is 0.732. The molecule has 0 fully saturated rings. The van der Waals surface area contributed by atoms with Crippen LogP contribution in [0.1, 0.15) is 11.3 Å². The Morgan fingerprint density at radius 3 is 2.79 bits per heavy atom. The zero-order valence-electron chi connectivity index (χ0n) is 10.1. The lowest BCUT2D eigenvalue weighted by Crippen LogP contribution is -2.24. The van der Waals surface area contributed by atoms with Crippen LogP contribution in [0.25, 0.3) is 0 Å².